The van der Waals surface area contributed by atoms with Gasteiger partial charge in [0.1, 0.15) is 5.69 Å². The van der Waals surface area contributed by atoms with Crippen molar-refractivity contribution in [1.29, 1.82) is 0 Å². The minimum atomic E-state index is -4.02. The Kier molecular flexibility index (Phi) is 5.79. The molecule has 0 amide bonds. The number of rotatable bonds is 5. The number of primary sulfonamides is 1. The maximum absolute atomic E-state index is 11.6. The van der Waals surface area contributed by atoms with E-state index in [0.29, 0.717) is 22.9 Å². The second-order valence-corrected chi connectivity index (χ2v) is 15.3. The number of nitro groups is 1. The van der Waals surface area contributed by atoms with Gasteiger partial charge < -0.3 is 9.74 Å². The predicted octanol–water partition coefficient (Wildman–Crippen LogP) is 3.15. The van der Waals surface area contributed by atoms with E-state index in [2.05, 4.69) is 39.2 Å². The third-order valence-electron chi connectivity index (χ3n) is 4.82. The number of benzene rings is 1. The van der Waals surface area contributed by atoms with Crippen molar-refractivity contribution in [3.63, 3.8) is 0 Å². The summed E-state index contributed by atoms with van der Waals surface area (Å²) in [5.74, 6) is 0.618. The van der Waals surface area contributed by atoms with Crippen LogP contribution in [0.25, 0.3) is 0 Å². The van der Waals surface area contributed by atoms with Gasteiger partial charge in [-0.2, -0.15) is 0 Å². The number of nitro benzene ring substituents is 1. The molecule has 2 rings (SSSR count). The SMILES string of the molecule is CC(C)(C)[Si](C)(C)OC[C@@H]1CSc2cc(S(N)(=O)=O)cc([N+](=O)[O-])c2N1. The molecular weight excluding hydrogens is 394 g/mol. The van der Waals surface area contributed by atoms with Gasteiger partial charge in [-0.25, -0.2) is 13.6 Å². The van der Waals surface area contributed by atoms with Crippen molar-refractivity contribution in [3.8, 4) is 0 Å². The van der Waals surface area contributed by atoms with Gasteiger partial charge in [-0.05, 0) is 24.2 Å². The standard InChI is InChI=1S/C15H25N3O5S2Si/c1-15(2,3)26(4,5)23-8-10-9-24-13-7-11(25(16,21)22)6-12(18(19)20)14(13)17-10/h6-7,10,17H,8-9H2,1-5H3,(H2,16,21,22)/t10-/m1/s1. The molecule has 0 spiro atoms. The van der Waals surface area contributed by atoms with Crippen LogP contribution in [0.4, 0.5) is 11.4 Å². The molecule has 0 aliphatic carbocycles. The maximum Gasteiger partial charge on any atom is 0.294 e. The molecule has 1 aliphatic heterocycles. The zero-order valence-electron chi connectivity index (χ0n) is 15.5. The molecule has 0 radical (unpaired) electrons. The van der Waals surface area contributed by atoms with Crippen molar-refractivity contribution in [2.24, 2.45) is 5.14 Å². The number of fused-ring (bicyclic) bond motifs is 1. The Bertz CT molecular complexity index is 821. The largest absolute Gasteiger partial charge is 0.415 e. The first kappa shape index (κ1) is 21.2. The lowest BCUT2D eigenvalue weighted by Gasteiger charge is -2.38. The van der Waals surface area contributed by atoms with E-state index in [1.165, 1.54) is 17.8 Å². The van der Waals surface area contributed by atoms with Gasteiger partial charge in [-0.15, -0.1) is 11.8 Å². The normalized spacial score (nSPS) is 18.2. The van der Waals surface area contributed by atoms with E-state index < -0.39 is 23.3 Å². The predicted molar refractivity (Wildman–Crippen MR) is 106 cm³/mol. The van der Waals surface area contributed by atoms with Crippen LogP contribution < -0.4 is 10.5 Å². The first-order valence-electron chi connectivity index (χ1n) is 8.11. The number of hydrogen-bond donors (Lipinski definition) is 2. The summed E-state index contributed by atoms with van der Waals surface area (Å²) in [6.07, 6.45) is 0. The van der Waals surface area contributed by atoms with Crippen LogP contribution in [0.5, 0.6) is 0 Å². The van der Waals surface area contributed by atoms with Gasteiger partial charge in [-0.1, -0.05) is 20.8 Å². The van der Waals surface area contributed by atoms with E-state index in [0.717, 1.165) is 6.07 Å². The minimum Gasteiger partial charge on any atom is -0.415 e. The van der Waals surface area contributed by atoms with E-state index in [-0.39, 0.29) is 21.7 Å². The molecule has 8 nitrogen and oxygen atoms in total. The summed E-state index contributed by atoms with van der Waals surface area (Å²) in [6.45, 7) is 11.2. The zero-order chi connectivity index (χ0) is 19.9. The summed E-state index contributed by atoms with van der Waals surface area (Å²) < 4.78 is 29.4. The third-order valence-corrected chi connectivity index (χ3v) is 11.4. The average Bonchev–Trinajstić information content (AvgIpc) is 2.49. The maximum atomic E-state index is 11.6. The number of nitrogens with one attached hydrogen (secondary N) is 1. The van der Waals surface area contributed by atoms with Crippen LogP contribution in [-0.2, 0) is 14.4 Å². The van der Waals surface area contributed by atoms with E-state index in [9.17, 15) is 18.5 Å². The fraction of sp³-hybridized carbons (Fsp3) is 0.600. The number of nitrogens with zero attached hydrogens (tertiary/aromatic N) is 1. The summed E-state index contributed by atoms with van der Waals surface area (Å²) >= 11 is 1.37. The highest BCUT2D eigenvalue weighted by Gasteiger charge is 2.38. The van der Waals surface area contributed by atoms with Crippen molar-refractivity contribution in [2.45, 2.75) is 54.7 Å². The van der Waals surface area contributed by atoms with Gasteiger partial charge in [0.25, 0.3) is 5.69 Å². The quantitative estimate of drug-likeness (QED) is 0.426. The molecule has 0 fully saturated rings. The summed E-state index contributed by atoms with van der Waals surface area (Å²) in [5, 5.41) is 19.8. The fourth-order valence-corrected chi connectivity index (χ4v) is 4.96. The Morgan fingerprint density at radius 3 is 2.54 bits per heavy atom. The molecule has 146 valence electrons. The van der Waals surface area contributed by atoms with Crippen molar-refractivity contribution >= 4 is 41.5 Å². The second-order valence-electron chi connectivity index (χ2n) is 7.84. The number of anilines is 1. The topological polar surface area (TPSA) is 125 Å². The monoisotopic (exact) mass is 419 g/mol. The molecule has 11 heteroatoms. The highest BCUT2D eigenvalue weighted by atomic mass is 32.2. The molecule has 1 heterocycles. The van der Waals surface area contributed by atoms with Gasteiger partial charge >= 0.3 is 0 Å². The number of hydrogen-bond acceptors (Lipinski definition) is 7. The summed E-state index contributed by atoms with van der Waals surface area (Å²) in [4.78, 5) is 11.1. The van der Waals surface area contributed by atoms with Gasteiger partial charge in [0.15, 0.2) is 8.32 Å². The molecule has 0 saturated carbocycles. The summed E-state index contributed by atoms with van der Waals surface area (Å²) in [5.41, 5.74) is 0.0264. The fourth-order valence-electron chi connectivity index (χ4n) is 2.19. The Labute approximate surface area is 159 Å². The molecule has 1 aromatic carbocycles. The van der Waals surface area contributed by atoms with Crippen LogP contribution in [0, 0.1) is 10.1 Å². The number of sulfonamides is 1. The Hall–Kier alpha value is -1.14. The molecule has 0 saturated heterocycles. The first-order chi connectivity index (χ1) is 11.7. The van der Waals surface area contributed by atoms with Crippen LogP contribution in [0.15, 0.2) is 21.9 Å². The van der Waals surface area contributed by atoms with Gasteiger partial charge in [0.2, 0.25) is 10.0 Å². The van der Waals surface area contributed by atoms with Crippen LogP contribution >= 0.6 is 11.8 Å². The molecule has 3 N–H and O–H groups in total. The van der Waals surface area contributed by atoms with E-state index in [1.54, 1.807) is 0 Å². The number of thioether (sulfide) groups is 1. The first-order valence-corrected chi connectivity index (χ1v) is 13.5. The van der Waals surface area contributed by atoms with Crippen LogP contribution in [0.3, 0.4) is 0 Å². The highest BCUT2D eigenvalue weighted by molar-refractivity contribution is 7.99. The lowest BCUT2D eigenvalue weighted by molar-refractivity contribution is -0.384. The van der Waals surface area contributed by atoms with Crippen LogP contribution in [-0.4, -0.2) is 40.1 Å². The van der Waals surface area contributed by atoms with E-state index >= 15 is 0 Å². The average molecular weight is 420 g/mol. The summed E-state index contributed by atoms with van der Waals surface area (Å²) in [6, 6.07) is 2.28. The number of nitrogens with two attached hydrogens (primary N) is 1. The smallest absolute Gasteiger partial charge is 0.294 e. The molecule has 0 aromatic heterocycles. The van der Waals surface area contributed by atoms with E-state index in [4.69, 9.17) is 9.56 Å². The molecule has 1 atom stereocenters. The zero-order valence-corrected chi connectivity index (χ0v) is 18.2. The van der Waals surface area contributed by atoms with Gasteiger partial charge in [-0.3, -0.25) is 10.1 Å². The molecule has 1 aliphatic rings. The van der Waals surface area contributed by atoms with Crippen molar-refractivity contribution in [1.82, 2.24) is 0 Å². The third kappa shape index (κ3) is 4.57. The van der Waals surface area contributed by atoms with Crippen molar-refractivity contribution < 1.29 is 17.8 Å². The molecule has 0 bridgehead atoms. The highest BCUT2D eigenvalue weighted by Crippen LogP contribution is 2.42. The van der Waals surface area contributed by atoms with E-state index in [1.807, 2.05) is 0 Å². The molecular formula is C15H25N3O5S2Si. The molecule has 26 heavy (non-hydrogen) atoms. The molecule has 0 unspecified atom stereocenters. The van der Waals surface area contributed by atoms with Crippen molar-refractivity contribution in [2.75, 3.05) is 17.7 Å². The minimum absolute atomic E-state index is 0.0725. The molecule has 1 aromatic rings. The Morgan fingerprint density at radius 2 is 2.04 bits per heavy atom. The van der Waals surface area contributed by atoms with Gasteiger partial charge in [0, 0.05) is 16.7 Å². The Balaban J connectivity index is 2.26. The second kappa shape index (κ2) is 7.11. The Morgan fingerprint density at radius 1 is 1.42 bits per heavy atom. The van der Waals surface area contributed by atoms with Crippen molar-refractivity contribution in [3.05, 3.63) is 22.2 Å². The lowest BCUT2D eigenvalue weighted by Crippen LogP contribution is -2.44. The van der Waals surface area contributed by atoms with Gasteiger partial charge in [0.05, 0.1) is 22.5 Å². The summed E-state index contributed by atoms with van der Waals surface area (Å²) in [7, 11) is -5.95. The van der Waals surface area contributed by atoms with Crippen LogP contribution in [0.1, 0.15) is 20.8 Å². The lowest BCUT2D eigenvalue weighted by atomic mass is 10.2. The van der Waals surface area contributed by atoms with Crippen LogP contribution in [0.2, 0.25) is 18.1 Å².